The van der Waals surface area contributed by atoms with E-state index in [1.54, 1.807) is 34.8 Å². The van der Waals surface area contributed by atoms with E-state index in [0.29, 0.717) is 12.1 Å². The van der Waals surface area contributed by atoms with Crippen molar-refractivity contribution in [3.63, 3.8) is 0 Å². The van der Waals surface area contributed by atoms with Crippen molar-refractivity contribution in [1.29, 1.82) is 5.26 Å². The number of rotatable bonds is 5. The fourth-order valence-corrected chi connectivity index (χ4v) is 3.92. The van der Waals surface area contributed by atoms with Crippen LogP contribution in [0.2, 0.25) is 0 Å². The van der Waals surface area contributed by atoms with Crippen LogP contribution in [0.15, 0.2) is 69.4 Å². The molecule has 3 rings (SSSR count). The summed E-state index contributed by atoms with van der Waals surface area (Å²) >= 11 is 3.25. The molecule has 2 heterocycles. The lowest BCUT2D eigenvalue weighted by molar-refractivity contribution is 0.832. The van der Waals surface area contributed by atoms with Gasteiger partial charge < -0.3 is 0 Å². The Bertz CT molecular complexity index is 1040. The quantitative estimate of drug-likeness (QED) is 0.460. The summed E-state index contributed by atoms with van der Waals surface area (Å²) in [4.78, 5) is 6.63. The van der Waals surface area contributed by atoms with Gasteiger partial charge in [0.25, 0.3) is 0 Å². The van der Waals surface area contributed by atoms with Gasteiger partial charge >= 0.3 is 0 Å². The van der Waals surface area contributed by atoms with Crippen LogP contribution < -0.4 is 4.80 Å². The lowest BCUT2D eigenvalue weighted by Crippen LogP contribution is -2.14. The Morgan fingerprint density at radius 2 is 1.96 bits per heavy atom. The third kappa shape index (κ3) is 4.07. The summed E-state index contributed by atoms with van der Waals surface area (Å²) < 4.78 is 1.90. The molecular weight excluding hydrogens is 360 g/mol. The molecule has 0 N–H and O–H groups in total. The van der Waals surface area contributed by atoms with Crippen LogP contribution in [-0.2, 0) is 0 Å². The molecule has 0 saturated carbocycles. The molecule has 0 unspecified atom stereocenters. The first-order chi connectivity index (χ1) is 12.6. The Hall–Kier alpha value is -2.75. The van der Waals surface area contributed by atoms with Gasteiger partial charge in [0.1, 0.15) is 0 Å². The van der Waals surface area contributed by atoms with Crippen LogP contribution in [0.4, 0.5) is 0 Å². The maximum atomic E-state index is 8.96. The number of thiazole rings is 1. The summed E-state index contributed by atoms with van der Waals surface area (Å²) in [5, 5.41) is 17.9. The third-order valence-electron chi connectivity index (χ3n) is 3.62. The van der Waals surface area contributed by atoms with E-state index in [9.17, 15) is 0 Å². The van der Waals surface area contributed by atoms with Gasteiger partial charge in [-0.05, 0) is 43.0 Å². The number of hydrogen-bond donors (Lipinski definition) is 0. The average Bonchev–Trinajstić information content (AvgIpc) is 3.29. The van der Waals surface area contributed by atoms with E-state index < -0.39 is 0 Å². The Morgan fingerprint density at radius 3 is 2.58 bits per heavy atom. The maximum absolute atomic E-state index is 8.96. The highest BCUT2D eigenvalue weighted by Crippen LogP contribution is 2.25. The molecule has 0 fully saturated rings. The van der Waals surface area contributed by atoms with Gasteiger partial charge in [-0.15, -0.1) is 22.7 Å². The minimum absolute atomic E-state index is 0.579. The van der Waals surface area contributed by atoms with Gasteiger partial charge in [-0.25, -0.2) is 4.68 Å². The molecule has 2 aromatic heterocycles. The molecule has 4 nitrogen and oxygen atoms in total. The highest BCUT2D eigenvalue weighted by atomic mass is 32.1. The summed E-state index contributed by atoms with van der Waals surface area (Å²) in [6.07, 6.45) is 0. The highest BCUT2D eigenvalue weighted by Gasteiger charge is 2.09. The number of aromatic nitrogens is 1. The van der Waals surface area contributed by atoms with E-state index in [0.717, 1.165) is 32.2 Å². The summed E-state index contributed by atoms with van der Waals surface area (Å²) in [5.74, 6) is 0. The van der Waals surface area contributed by atoms with E-state index >= 15 is 0 Å². The molecule has 0 radical (unpaired) electrons. The fraction of sp³-hybridized carbons (Fsp3) is 0.150. The van der Waals surface area contributed by atoms with E-state index in [1.165, 1.54) is 0 Å². The van der Waals surface area contributed by atoms with Crippen molar-refractivity contribution in [2.24, 2.45) is 10.1 Å². The summed E-state index contributed by atoms with van der Waals surface area (Å²) in [7, 11) is 0. The number of hydrogen-bond acceptors (Lipinski definition) is 5. The molecule has 1 aromatic carbocycles. The predicted molar refractivity (Wildman–Crippen MR) is 110 cm³/mol. The minimum Gasteiger partial charge on any atom is -0.253 e. The van der Waals surface area contributed by atoms with Crippen molar-refractivity contribution < 1.29 is 0 Å². The fourth-order valence-electron chi connectivity index (χ4n) is 2.30. The Kier molecular flexibility index (Phi) is 5.61. The molecule has 0 aliphatic rings. The number of nitrogens with zero attached hydrogens (tertiary/aromatic N) is 4. The summed E-state index contributed by atoms with van der Waals surface area (Å²) in [6.45, 7) is 8.43. The van der Waals surface area contributed by atoms with E-state index in [1.807, 2.05) is 36.7 Å². The molecule has 0 saturated heterocycles. The molecule has 0 bridgehead atoms. The molecule has 0 atom stereocenters. The number of benzene rings is 1. The zero-order chi connectivity index (χ0) is 18.5. The van der Waals surface area contributed by atoms with Crippen LogP contribution in [0.1, 0.15) is 25.0 Å². The summed E-state index contributed by atoms with van der Waals surface area (Å²) in [5.41, 5.74) is 4.52. The molecule has 130 valence electrons. The van der Waals surface area contributed by atoms with Crippen LogP contribution in [0, 0.1) is 11.3 Å². The van der Waals surface area contributed by atoms with E-state index in [4.69, 9.17) is 10.4 Å². The Morgan fingerprint density at radius 1 is 1.19 bits per heavy atom. The number of nitriles is 1. The van der Waals surface area contributed by atoms with Crippen molar-refractivity contribution in [3.8, 4) is 16.6 Å². The van der Waals surface area contributed by atoms with Gasteiger partial charge in [-0.3, -0.25) is 4.99 Å². The smallest absolute Gasteiger partial charge is 0.206 e. The largest absolute Gasteiger partial charge is 0.253 e. The van der Waals surface area contributed by atoms with Crippen molar-refractivity contribution in [3.05, 3.63) is 75.2 Å². The predicted octanol–water partition coefficient (Wildman–Crippen LogP) is 4.90. The second-order valence-electron chi connectivity index (χ2n) is 5.84. The second kappa shape index (κ2) is 8.09. The lowest BCUT2D eigenvalue weighted by atomic mass is 10.1. The van der Waals surface area contributed by atoms with Crippen molar-refractivity contribution in [2.75, 3.05) is 6.54 Å². The SMILES string of the molecule is C=C(C)CN=c1scc(-c2cccs2)n1N=C(C)c1ccc(C#N)cc1. The Balaban J connectivity index is 2.08. The van der Waals surface area contributed by atoms with Gasteiger partial charge in [-0.2, -0.15) is 10.4 Å². The minimum atomic E-state index is 0.579. The third-order valence-corrected chi connectivity index (χ3v) is 5.37. The van der Waals surface area contributed by atoms with Gasteiger partial charge in [0.2, 0.25) is 4.80 Å². The van der Waals surface area contributed by atoms with Crippen molar-refractivity contribution in [1.82, 2.24) is 4.68 Å². The van der Waals surface area contributed by atoms with E-state index in [-0.39, 0.29) is 0 Å². The van der Waals surface area contributed by atoms with Crippen LogP contribution >= 0.6 is 22.7 Å². The monoisotopic (exact) mass is 378 g/mol. The molecule has 0 aliphatic carbocycles. The highest BCUT2D eigenvalue weighted by molar-refractivity contribution is 7.14. The molecule has 26 heavy (non-hydrogen) atoms. The first-order valence-corrected chi connectivity index (χ1v) is 9.80. The van der Waals surface area contributed by atoms with Crippen LogP contribution in [-0.4, -0.2) is 16.9 Å². The molecule has 3 aromatic rings. The van der Waals surface area contributed by atoms with Gasteiger partial charge in [0.15, 0.2) is 0 Å². The molecular formula is C20H18N4S2. The van der Waals surface area contributed by atoms with Crippen molar-refractivity contribution in [2.45, 2.75) is 13.8 Å². The van der Waals surface area contributed by atoms with E-state index in [2.05, 4.69) is 34.5 Å². The second-order valence-corrected chi connectivity index (χ2v) is 7.62. The van der Waals surface area contributed by atoms with Gasteiger partial charge in [-0.1, -0.05) is 30.4 Å². The lowest BCUT2D eigenvalue weighted by Gasteiger charge is -2.05. The average molecular weight is 379 g/mol. The zero-order valence-corrected chi connectivity index (χ0v) is 16.3. The first-order valence-electron chi connectivity index (χ1n) is 8.04. The van der Waals surface area contributed by atoms with Gasteiger partial charge in [0, 0.05) is 5.38 Å². The first kappa shape index (κ1) is 18.1. The molecule has 0 aliphatic heterocycles. The molecule has 0 spiro atoms. The molecule has 0 amide bonds. The van der Waals surface area contributed by atoms with Crippen LogP contribution in [0.5, 0.6) is 0 Å². The van der Waals surface area contributed by atoms with Crippen LogP contribution in [0.3, 0.4) is 0 Å². The van der Waals surface area contributed by atoms with Crippen molar-refractivity contribution >= 4 is 28.4 Å². The molecule has 6 heteroatoms. The maximum Gasteiger partial charge on any atom is 0.206 e. The topological polar surface area (TPSA) is 53.4 Å². The zero-order valence-electron chi connectivity index (χ0n) is 14.6. The summed E-state index contributed by atoms with van der Waals surface area (Å²) in [6, 6.07) is 13.7. The number of thiophene rings is 1. The Labute approximate surface area is 160 Å². The standard InChI is InChI=1S/C20H18N4S2/c1-14(2)12-22-20-24(18(13-26-20)19-5-4-10-25-19)23-15(3)17-8-6-16(11-21)7-9-17/h4-10,13H,1,12H2,2-3H3. The normalized spacial score (nSPS) is 12.2. The van der Waals surface area contributed by atoms with Gasteiger partial charge in [0.05, 0.1) is 34.5 Å². The van der Waals surface area contributed by atoms with Crippen LogP contribution in [0.25, 0.3) is 10.6 Å².